The van der Waals surface area contributed by atoms with Crippen LogP contribution in [0.3, 0.4) is 0 Å². The van der Waals surface area contributed by atoms with Crippen molar-refractivity contribution in [3.05, 3.63) is 169 Å². The van der Waals surface area contributed by atoms with Crippen LogP contribution in [-0.2, 0) is 0 Å². The number of nitrogens with zero attached hydrogens (tertiary/aromatic N) is 3. The number of allylic oxidation sites excluding steroid dienone is 2. The van der Waals surface area contributed by atoms with Crippen molar-refractivity contribution in [2.75, 3.05) is 4.90 Å². The zero-order valence-electron chi connectivity index (χ0n) is 26.0. The highest BCUT2D eigenvalue weighted by Crippen LogP contribution is 2.52. The number of benzene rings is 6. The van der Waals surface area contributed by atoms with Gasteiger partial charge in [-0.25, -0.2) is 9.97 Å². The summed E-state index contributed by atoms with van der Waals surface area (Å²) >= 11 is 0. The van der Waals surface area contributed by atoms with Gasteiger partial charge in [-0.3, -0.25) is 0 Å². The van der Waals surface area contributed by atoms with E-state index in [0.29, 0.717) is 5.82 Å². The van der Waals surface area contributed by atoms with Gasteiger partial charge in [0, 0.05) is 39.1 Å². The first-order valence-electron chi connectivity index (χ1n) is 16.4. The van der Waals surface area contributed by atoms with Crippen molar-refractivity contribution in [3.8, 4) is 33.9 Å². The third-order valence-electron chi connectivity index (χ3n) is 9.79. The van der Waals surface area contributed by atoms with Gasteiger partial charge in [0.2, 0.25) is 0 Å². The molecule has 0 saturated carbocycles. The number of aromatic nitrogens is 2. The molecular weight excluding hydrogens is 587 g/mol. The molecule has 4 nitrogen and oxygen atoms in total. The number of furan rings is 1. The summed E-state index contributed by atoms with van der Waals surface area (Å²) in [6.07, 6.45) is 8.93. The predicted molar refractivity (Wildman–Crippen MR) is 197 cm³/mol. The molecule has 2 atom stereocenters. The third-order valence-corrected chi connectivity index (χ3v) is 9.79. The van der Waals surface area contributed by atoms with Crippen LogP contribution in [0.2, 0.25) is 0 Å². The average Bonchev–Trinajstić information content (AvgIpc) is 3.71. The highest BCUT2D eigenvalue weighted by atomic mass is 16.3. The molecule has 1 aliphatic heterocycles. The fourth-order valence-corrected chi connectivity index (χ4v) is 7.55. The fourth-order valence-electron chi connectivity index (χ4n) is 7.55. The Morgan fingerprint density at radius 2 is 1.29 bits per heavy atom. The van der Waals surface area contributed by atoms with Crippen LogP contribution in [0.1, 0.15) is 11.5 Å². The summed E-state index contributed by atoms with van der Waals surface area (Å²) in [7, 11) is 0. The van der Waals surface area contributed by atoms with Crippen molar-refractivity contribution in [1.29, 1.82) is 0 Å². The number of hydrogen-bond donors (Lipinski definition) is 0. The van der Waals surface area contributed by atoms with Crippen LogP contribution in [0.5, 0.6) is 0 Å². The van der Waals surface area contributed by atoms with Gasteiger partial charge in [-0.2, -0.15) is 0 Å². The van der Waals surface area contributed by atoms with E-state index in [0.717, 1.165) is 66.8 Å². The molecule has 0 radical (unpaired) electrons. The molecule has 3 heterocycles. The number of anilines is 2. The van der Waals surface area contributed by atoms with E-state index in [9.17, 15) is 0 Å². The third kappa shape index (κ3) is 4.16. The fraction of sp³-hybridized carbons (Fsp3) is 0.0455. The Balaban J connectivity index is 1.21. The Hall–Kier alpha value is -6.26. The van der Waals surface area contributed by atoms with Gasteiger partial charge >= 0.3 is 0 Å². The minimum Gasteiger partial charge on any atom is -0.453 e. The Morgan fingerprint density at radius 3 is 2.17 bits per heavy atom. The molecule has 6 aromatic carbocycles. The van der Waals surface area contributed by atoms with Crippen molar-refractivity contribution in [1.82, 2.24) is 9.97 Å². The summed E-state index contributed by atoms with van der Waals surface area (Å²) in [5.41, 5.74) is 9.97. The highest BCUT2D eigenvalue weighted by molar-refractivity contribution is 6.14. The molecule has 1 aliphatic carbocycles. The first kappa shape index (κ1) is 26.9. The predicted octanol–water partition coefficient (Wildman–Crippen LogP) is 11.3. The van der Waals surface area contributed by atoms with Gasteiger partial charge in [0.25, 0.3) is 0 Å². The number of hydrogen-bond acceptors (Lipinski definition) is 4. The Kier molecular flexibility index (Phi) is 5.97. The minimum absolute atomic E-state index is 0.186. The number of rotatable bonds is 4. The van der Waals surface area contributed by atoms with Crippen molar-refractivity contribution in [3.63, 3.8) is 0 Å². The standard InChI is InChI=1S/C44H29N3O/c1-3-13-29(14-4-1)38-27-39(46-44(45-38)31-23-22-28-12-7-8-15-30(28)26-31)37-20-11-19-35-36-25-24-34-33-18-9-10-21-40(33)47(32-16-5-2-6-17-32)41(34)43(36)48-42(35)37/h1-27,33,40H. The van der Waals surface area contributed by atoms with Crippen LogP contribution in [-0.4, -0.2) is 16.0 Å². The molecule has 0 saturated heterocycles. The lowest BCUT2D eigenvalue weighted by atomic mass is 9.91. The van der Waals surface area contributed by atoms with Gasteiger partial charge in [-0.1, -0.05) is 133 Å². The first-order valence-corrected chi connectivity index (χ1v) is 16.4. The normalized spacial score (nSPS) is 16.5. The van der Waals surface area contributed by atoms with Gasteiger partial charge in [0.05, 0.1) is 23.1 Å². The Bertz CT molecular complexity index is 2580. The molecule has 0 N–H and O–H groups in total. The maximum absolute atomic E-state index is 7.04. The molecule has 0 spiro atoms. The average molecular weight is 616 g/mol. The van der Waals surface area contributed by atoms with Gasteiger partial charge in [-0.05, 0) is 46.7 Å². The second-order valence-electron chi connectivity index (χ2n) is 12.5. The maximum atomic E-state index is 7.04. The summed E-state index contributed by atoms with van der Waals surface area (Å²) in [6.45, 7) is 0. The van der Waals surface area contributed by atoms with Gasteiger partial charge < -0.3 is 9.32 Å². The number of fused-ring (bicyclic) bond motifs is 8. The molecule has 0 amide bonds. The molecule has 10 rings (SSSR count). The second kappa shape index (κ2) is 10.6. The highest BCUT2D eigenvalue weighted by Gasteiger charge is 2.39. The van der Waals surface area contributed by atoms with Crippen LogP contribution in [0, 0.1) is 0 Å². The lowest BCUT2D eigenvalue weighted by Crippen LogP contribution is -2.28. The maximum Gasteiger partial charge on any atom is 0.160 e. The number of para-hydroxylation sites is 2. The first-order chi connectivity index (χ1) is 23.8. The molecule has 48 heavy (non-hydrogen) atoms. The van der Waals surface area contributed by atoms with E-state index in [2.05, 4.69) is 151 Å². The molecule has 2 aromatic heterocycles. The van der Waals surface area contributed by atoms with Crippen LogP contribution in [0.15, 0.2) is 168 Å². The van der Waals surface area contributed by atoms with E-state index in [1.54, 1.807) is 0 Å². The summed E-state index contributed by atoms with van der Waals surface area (Å²) in [4.78, 5) is 12.8. The van der Waals surface area contributed by atoms with E-state index in [-0.39, 0.29) is 12.0 Å². The molecule has 0 fully saturated rings. The quantitative estimate of drug-likeness (QED) is 0.198. The van der Waals surface area contributed by atoms with Crippen LogP contribution >= 0.6 is 0 Å². The van der Waals surface area contributed by atoms with Gasteiger partial charge in [0.15, 0.2) is 11.4 Å². The van der Waals surface area contributed by atoms with E-state index in [1.807, 2.05) is 18.2 Å². The molecule has 4 heteroatoms. The van der Waals surface area contributed by atoms with Gasteiger partial charge in [0.1, 0.15) is 5.58 Å². The van der Waals surface area contributed by atoms with Crippen molar-refractivity contribution < 1.29 is 4.42 Å². The van der Waals surface area contributed by atoms with Crippen LogP contribution in [0.4, 0.5) is 11.4 Å². The SMILES string of the molecule is C1=CC2c3ccc4c(oc5c(-c6cc(-c7ccccc7)nc(-c7ccc8ccccc8c7)n6)cccc54)c3N(c3ccccc3)C2C=C1. The van der Waals surface area contributed by atoms with Crippen molar-refractivity contribution >= 4 is 44.1 Å². The monoisotopic (exact) mass is 615 g/mol. The van der Waals surface area contributed by atoms with E-state index in [4.69, 9.17) is 14.4 Å². The minimum atomic E-state index is 0.186. The molecular formula is C44H29N3O. The smallest absolute Gasteiger partial charge is 0.160 e. The molecule has 2 unspecified atom stereocenters. The molecule has 0 bridgehead atoms. The van der Waals surface area contributed by atoms with Crippen LogP contribution < -0.4 is 4.90 Å². The van der Waals surface area contributed by atoms with Gasteiger partial charge in [-0.15, -0.1) is 0 Å². The topological polar surface area (TPSA) is 42.2 Å². The largest absolute Gasteiger partial charge is 0.453 e. The van der Waals surface area contributed by atoms with Crippen molar-refractivity contribution in [2.24, 2.45) is 0 Å². The summed E-state index contributed by atoms with van der Waals surface area (Å²) in [5, 5.41) is 4.53. The summed E-state index contributed by atoms with van der Waals surface area (Å²) in [6, 6.07) is 49.0. The lowest BCUT2D eigenvalue weighted by Gasteiger charge is -2.28. The van der Waals surface area contributed by atoms with E-state index in [1.165, 1.54) is 10.9 Å². The molecule has 2 aliphatic rings. The van der Waals surface area contributed by atoms with Crippen LogP contribution in [0.25, 0.3) is 66.6 Å². The zero-order valence-corrected chi connectivity index (χ0v) is 26.0. The summed E-state index contributed by atoms with van der Waals surface area (Å²) < 4.78 is 7.04. The van der Waals surface area contributed by atoms with E-state index >= 15 is 0 Å². The summed E-state index contributed by atoms with van der Waals surface area (Å²) in [5.74, 6) is 0.936. The lowest BCUT2D eigenvalue weighted by molar-refractivity contribution is 0.668. The van der Waals surface area contributed by atoms with E-state index < -0.39 is 0 Å². The Morgan fingerprint density at radius 1 is 0.542 bits per heavy atom. The molecule has 226 valence electrons. The second-order valence-corrected chi connectivity index (χ2v) is 12.5. The Labute approximate surface area is 277 Å². The van der Waals surface area contributed by atoms with Crippen molar-refractivity contribution in [2.45, 2.75) is 12.0 Å². The molecule has 8 aromatic rings. The zero-order chi connectivity index (χ0) is 31.6.